The molecule has 6 nitrogen and oxygen atoms in total. The Kier molecular flexibility index (Phi) is 5.76. The SMILES string of the molecule is CCCc1cc(NC(=O)N2CCC(CN3CCCCC3)C2)n(C)n1. The van der Waals surface area contributed by atoms with Crippen LogP contribution < -0.4 is 5.32 Å². The molecule has 0 aliphatic carbocycles. The molecule has 1 unspecified atom stereocenters. The van der Waals surface area contributed by atoms with Crippen molar-refractivity contribution < 1.29 is 4.79 Å². The van der Waals surface area contributed by atoms with Crippen molar-refractivity contribution in [2.45, 2.75) is 45.4 Å². The molecule has 3 rings (SSSR count). The summed E-state index contributed by atoms with van der Waals surface area (Å²) in [5, 5.41) is 7.48. The van der Waals surface area contributed by atoms with E-state index >= 15 is 0 Å². The average Bonchev–Trinajstić information content (AvgIpc) is 3.16. The minimum absolute atomic E-state index is 0.0159. The standard InChI is InChI=1S/C18H31N5O/c1-3-7-16-12-17(21(2)20-16)19-18(24)23-11-8-15(14-23)13-22-9-5-4-6-10-22/h12,15H,3-11,13-14H2,1-2H3,(H,19,24). The Balaban J connectivity index is 1.49. The monoisotopic (exact) mass is 333 g/mol. The molecule has 2 aliphatic heterocycles. The molecular formula is C18H31N5O. The number of hydrogen-bond donors (Lipinski definition) is 1. The number of amides is 2. The van der Waals surface area contributed by atoms with Crippen LogP contribution in [0.2, 0.25) is 0 Å². The Morgan fingerprint density at radius 3 is 2.83 bits per heavy atom. The lowest BCUT2D eigenvalue weighted by atomic mass is 10.1. The summed E-state index contributed by atoms with van der Waals surface area (Å²) in [6.07, 6.45) is 7.17. The van der Waals surface area contributed by atoms with Crippen LogP contribution in [0.1, 0.15) is 44.7 Å². The van der Waals surface area contributed by atoms with Crippen LogP contribution in [-0.4, -0.2) is 58.3 Å². The van der Waals surface area contributed by atoms with Gasteiger partial charge < -0.3 is 9.80 Å². The number of likely N-dealkylation sites (tertiary alicyclic amines) is 2. The number of anilines is 1. The van der Waals surface area contributed by atoms with Crippen molar-refractivity contribution in [1.82, 2.24) is 19.6 Å². The highest BCUT2D eigenvalue weighted by molar-refractivity contribution is 5.88. The van der Waals surface area contributed by atoms with E-state index in [9.17, 15) is 4.79 Å². The lowest BCUT2D eigenvalue weighted by molar-refractivity contribution is 0.192. The number of carbonyl (C=O) groups is 1. The van der Waals surface area contributed by atoms with Gasteiger partial charge in [0.25, 0.3) is 0 Å². The molecule has 0 spiro atoms. The second kappa shape index (κ2) is 8.01. The fourth-order valence-corrected chi connectivity index (χ4v) is 3.88. The summed E-state index contributed by atoms with van der Waals surface area (Å²) in [6, 6.07) is 2.00. The van der Waals surface area contributed by atoms with Gasteiger partial charge in [0.05, 0.1) is 5.69 Å². The molecule has 1 atom stereocenters. The molecular weight excluding hydrogens is 302 g/mol. The molecule has 1 N–H and O–H groups in total. The van der Waals surface area contributed by atoms with Gasteiger partial charge in [0.2, 0.25) is 0 Å². The Morgan fingerprint density at radius 2 is 2.08 bits per heavy atom. The molecule has 2 saturated heterocycles. The number of nitrogens with one attached hydrogen (secondary N) is 1. The van der Waals surface area contributed by atoms with Crippen molar-refractivity contribution in [3.05, 3.63) is 11.8 Å². The van der Waals surface area contributed by atoms with Crippen molar-refractivity contribution in [1.29, 1.82) is 0 Å². The fraction of sp³-hybridized carbons (Fsp3) is 0.778. The largest absolute Gasteiger partial charge is 0.324 e. The topological polar surface area (TPSA) is 53.4 Å². The Hall–Kier alpha value is -1.56. The zero-order chi connectivity index (χ0) is 16.9. The number of carbonyl (C=O) groups excluding carboxylic acids is 1. The molecule has 134 valence electrons. The van der Waals surface area contributed by atoms with E-state index in [2.05, 4.69) is 22.2 Å². The molecule has 0 bridgehead atoms. The number of piperidine rings is 1. The number of urea groups is 1. The maximum absolute atomic E-state index is 12.5. The molecule has 0 aromatic carbocycles. The highest BCUT2D eigenvalue weighted by atomic mass is 16.2. The third kappa shape index (κ3) is 4.29. The van der Waals surface area contributed by atoms with Gasteiger partial charge in [-0.15, -0.1) is 0 Å². The molecule has 1 aromatic heterocycles. The zero-order valence-electron chi connectivity index (χ0n) is 15.1. The first-order valence-corrected chi connectivity index (χ1v) is 9.47. The summed E-state index contributed by atoms with van der Waals surface area (Å²) in [4.78, 5) is 17.1. The van der Waals surface area contributed by atoms with Gasteiger partial charge in [-0.1, -0.05) is 19.8 Å². The van der Waals surface area contributed by atoms with Crippen LogP contribution >= 0.6 is 0 Å². The summed E-state index contributed by atoms with van der Waals surface area (Å²) in [5.74, 6) is 1.42. The van der Waals surface area contributed by atoms with E-state index in [0.717, 1.165) is 50.4 Å². The van der Waals surface area contributed by atoms with Crippen LogP contribution in [0.5, 0.6) is 0 Å². The van der Waals surface area contributed by atoms with E-state index in [0.29, 0.717) is 5.92 Å². The average molecular weight is 333 g/mol. The normalized spacial score (nSPS) is 22.1. The first-order valence-electron chi connectivity index (χ1n) is 9.47. The molecule has 2 fully saturated rings. The number of rotatable bonds is 5. The summed E-state index contributed by atoms with van der Waals surface area (Å²) in [6.45, 7) is 7.50. The Labute approximate surface area is 145 Å². The molecule has 0 radical (unpaired) electrons. The molecule has 2 aliphatic rings. The van der Waals surface area contributed by atoms with Gasteiger partial charge in [-0.3, -0.25) is 10.00 Å². The predicted molar refractivity (Wildman–Crippen MR) is 96.2 cm³/mol. The van der Waals surface area contributed by atoms with Gasteiger partial charge in [0.15, 0.2) is 0 Å². The van der Waals surface area contributed by atoms with Crippen molar-refractivity contribution >= 4 is 11.8 Å². The second-order valence-electron chi connectivity index (χ2n) is 7.29. The van der Waals surface area contributed by atoms with Gasteiger partial charge in [-0.25, -0.2) is 4.79 Å². The van der Waals surface area contributed by atoms with Crippen molar-refractivity contribution in [2.24, 2.45) is 13.0 Å². The van der Waals surface area contributed by atoms with Crippen molar-refractivity contribution in [3.63, 3.8) is 0 Å². The molecule has 6 heteroatoms. The van der Waals surface area contributed by atoms with Gasteiger partial charge in [0.1, 0.15) is 5.82 Å². The van der Waals surface area contributed by atoms with Crippen LogP contribution in [0.15, 0.2) is 6.07 Å². The lowest BCUT2D eigenvalue weighted by Crippen LogP contribution is -2.37. The van der Waals surface area contributed by atoms with Gasteiger partial charge >= 0.3 is 6.03 Å². The van der Waals surface area contributed by atoms with Crippen LogP contribution in [0.3, 0.4) is 0 Å². The predicted octanol–water partition coefficient (Wildman–Crippen LogP) is 2.71. The maximum atomic E-state index is 12.5. The van der Waals surface area contributed by atoms with Crippen molar-refractivity contribution in [2.75, 3.05) is 38.0 Å². The summed E-state index contributed by atoms with van der Waals surface area (Å²) < 4.78 is 1.77. The molecule has 24 heavy (non-hydrogen) atoms. The molecule has 1 aromatic rings. The zero-order valence-corrected chi connectivity index (χ0v) is 15.1. The summed E-state index contributed by atoms with van der Waals surface area (Å²) >= 11 is 0. The van der Waals surface area contributed by atoms with E-state index < -0.39 is 0 Å². The number of aromatic nitrogens is 2. The minimum Gasteiger partial charge on any atom is -0.324 e. The van der Waals surface area contributed by atoms with Crippen LogP contribution in [0, 0.1) is 5.92 Å². The number of aryl methyl sites for hydroxylation is 2. The van der Waals surface area contributed by atoms with E-state index in [1.165, 1.54) is 32.4 Å². The van der Waals surface area contributed by atoms with Crippen LogP contribution in [0.25, 0.3) is 0 Å². The maximum Gasteiger partial charge on any atom is 0.323 e. The minimum atomic E-state index is 0.0159. The van der Waals surface area contributed by atoms with Crippen LogP contribution in [0.4, 0.5) is 10.6 Å². The first kappa shape index (κ1) is 17.3. The summed E-state index contributed by atoms with van der Waals surface area (Å²) in [7, 11) is 1.89. The quantitative estimate of drug-likeness (QED) is 0.901. The highest BCUT2D eigenvalue weighted by Crippen LogP contribution is 2.21. The number of nitrogens with zero attached hydrogens (tertiary/aromatic N) is 4. The van der Waals surface area contributed by atoms with E-state index in [1.807, 2.05) is 18.0 Å². The molecule has 0 saturated carbocycles. The van der Waals surface area contributed by atoms with Gasteiger partial charge in [-0.2, -0.15) is 5.10 Å². The first-order chi connectivity index (χ1) is 11.7. The third-order valence-electron chi connectivity index (χ3n) is 5.21. The second-order valence-corrected chi connectivity index (χ2v) is 7.29. The van der Waals surface area contributed by atoms with E-state index in [4.69, 9.17) is 0 Å². The highest BCUT2D eigenvalue weighted by Gasteiger charge is 2.28. The molecule has 2 amide bonds. The lowest BCUT2D eigenvalue weighted by Gasteiger charge is -2.29. The smallest absolute Gasteiger partial charge is 0.323 e. The van der Waals surface area contributed by atoms with Gasteiger partial charge in [-0.05, 0) is 44.7 Å². The van der Waals surface area contributed by atoms with E-state index in [1.54, 1.807) is 4.68 Å². The van der Waals surface area contributed by atoms with Crippen LogP contribution in [-0.2, 0) is 13.5 Å². The third-order valence-corrected chi connectivity index (χ3v) is 5.21. The van der Waals surface area contributed by atoms with Crippen molar-refractivity contribution in [3.8, 4) is 0 Å². The molecule has 3 heterocycles. The van der Waals surface area contributed by atoms with E-state index in [-0.39, 0.29) is 6.03 Å². The van der Waals surface area contributed by atoms with Gasteiger partial charge in [0, 0.05) is 32.7 Å². The Morgan fingerprint density at radius 1 is 1.29 bits per heavy atom. The fourth-order valence-electron chi connectivity index (χ4n) is 3.88. The summed E-state index contributed by atoms with van der Waals surface area (Å²) in [5.41, 5.74) is 1.04. The Bertz CT molecular complexity index is 550. The number of hydrogen-bond acceptors (Lipinski definition) is 3.